The Morgan fingerprint density at radius 1 is 1.88 bits per heavy atom. The second kappa shape index (κ2) is 2.03. The van der Waals surface area contributed by atoms with Crippen molar-refractivity contribution < 1.29 is 9.84 Å². The smallest absolute Gasteiger partial charge is 0.118 e. The van der Waals surface area contributed by atoms with E-state index < -0.39 is 5.60 Å². The Morgan fingerprint density at radius 2 is 2.50 bits per heavy atom. The lowest BCUT2D eigenvalue weighted by Crippen LogP contribution is -2.44. The summed E-state index contributed by atoms with van der Waals surface area (Å²) in [5.41, 5.74) is -0.575. The van der Waals surface area contributed by atoms with Crippen LogP contribution in [0.4, 0.5) is 0 Å². The SMILES string of the molecule is CCCC1(O)[CH]OC1. The van der Waals surface area contributed by atoms with Crippen molar-refractivity contribution in [2.45, 2.75) is 25.4 Å². The molecule has 1 saturated heterocycles. The van der Waals surface area contributed by atoms with Crippen molar-refractivity contribution in [1.82, 2.24) is 0 Å². The van der Waals surface area contributed by atoms with Gasteiger partial charge in [0.1, 0.15) is 12.2 Å². The fourth-order valence-electron chi connectivity index (χ4n) is 0.840. The third-order valence-corrected chi connectivity index (χ3v) is 1.32. The van der Waals surface area contributed by atoms with Gasteiger partial charge in [0.2, 0.25) is 0 Å². The minimum atomic E-state index is -0.575. The average Bonchev–Trinajstić information content (AvgIpc) is 1.64. The van der Waals surface area contributed by atoms with E-state index in [2.05, 4.69) is 0 Å². The summed E-state index contributed by atoms with van der Waals surface area (Å²) in [6.45, 7) is 4.04. The van der Waals surface area contributed by atoms with Crippen LogP contribution in [0.2, 0.25) is 0 Å². The minimum Gasteiger partial charge on any atom is -0.385 e. The fraction of sp³-hybridized carbons (Fsp3) is 0.833. The first-order chi connectivity index (χ1) is 3.77. The van der Waals surface area contributed by atoms with Crippen molar-refractivity contribution in [2.24, 2.45) is 0 Å². The highest BCUT2D eigenvalue weighted by Gasteiger charge is 2.35. The van der Waals surface area contributed by atoms with E-state index in [1.807, 2.05) is 6.92 Å². The van der Waals surface area contributed by atoms with Crippen molar-refractivity contribution in [3.8, 4) is 0 Å². The van der Waals surface area contributed by atoms with E-state index in [9.17, 15) is 5.11 Å². The van der Waals surface area contributed by atoms with Gasteiger partial charge in [-0.25, -0.2) is 0 Å². The molecule has 1 atom stereocenters. The molecule has 2 nitrogen and oxygen atoms in total. The van der Waals surface area contributed by atoms with Gasteiger partial charge in [0, 0.05) is 0 Å². The highest BCUT2D eigenvalue weighted by atomic mass is 16.5. The largest absolute Gasteiger partial charge is 0.385 e. The van der Waals surface area contributed by atoms with Gasteiger partial charge in [-0.15, -0.1) is 0 Å². The highest BCUT2D eigenvalue weighted by molar-refractivity contribution is 4.94. The van der Waals surface area contributed by atoms with Crippen LogP contribution < -0.4 is 0 Å². The van der Waals surface area contributed by atoms with Crippen LogP contribution in [0.1, 0.15) is 19.8 Å². The highest BCUT2D eigenvalue weighted by Crippen LogP contribution is 2.25. The first-order valence-corrected chi connectivity index (χ1v) is 2.95. The van der Waals surface area contributed by atoms with Gasteiger partial charge in [-0.1, -0.05) is 13.3 Å². The Labute approximate surface area is 49.5 Å². The Balaban J connectivity index is 2.20. The number of hydrogen-bond acceptors (Lipinski definition) is 2. The zero-order chi connectivity index (χ0) is 6.04. The van der Waals surface area contributed by atoms with Crippen molar-refractivity contribution >= 4 is 0 Å². The summed E-state index contributed by atoms with van der Waals surface area (Å²) in [5, 5.41) is 9.23. The topological polar surface area (TPSA) is 29.5 Å². The van der Waals surface area contributed by atoms with Gasteiger partial charge in [-0.2, -0.15) is 0 Å². The Hall–Kier alpha value is -0.0800. The molecule has 8 heavy (non-hydrogen) atoms. The monoisotopic (exact) mass is 115 g/mol. The molecule has 0 aromatic heterocycles. The van der Waals surface area contributed by atoms with E-state index in [1.54, 1.807) is 0 Å². The maximum atomic E-state index is 9.23. The molecule has 1 aliphatic heterocycles. The second-order valence-electron chi connectivity index (χ2n) is 2.28. The van der Waals surface area contributed by atoms with Crippen LogP contribution >= 0.6 is 0 Å². The molecule has 1 rings (SSSR count). The van der Waals surface area contributed by atoms with Crippen molar-refractivity contribution in [2.75, 3.05) is 6.61 Å². The normalized spacial score (nSPS) is 24.8. The molecule has 1 radical (unpaired) electrons. The van der Waals surface area contributed by atoms with E-state index in [-0.39, 0.29) is 0 Å². The molecule has 0 bridgehead atoms. The van der Waals surface area contributed by atoms with E-state index in [0.29, 0.717) is 6.61 Å². The van der Waals surface area contributed by atoms with Gasteiger partial charge >= 0.3 is 0 Å². The molecule has 0 amide bonds. The van der Waals surface area contributed by atoms with Gasteiger partial charge in [0.25, 0.3) is 0 Å². The molecule has 1 N–H and O–H groups in total. The zero-order valence-electron chi connectivity index (χ0n) is 5.05. The standard InChI is InChI=1S/C6H11O2/c1-2-3-6(7)4-8-5-6/h4,7H,2-3,5H2,1H3. The van der Waals surface area contributed by atoms with E-state index in [1.165, 1.54) is 6.61 Å². The number of rotatable bonds is 2. The first-order valence-electron chi connectivity index (χ1n) is 2.95. The molecule has 0 aromatic carbocycles. The van der Waals surface area contributed by atoms with Crippen molar-refractivity contribution in [3.05, 3.63) is 6.61 Å². The van der Waals surface area contributed by atoms with Gasteiger partial charge in [0.05, 0.1) is 6.61 Å². The van der Waals surface area contributed by atoms with E-state index in [4.69, 9.17) is 4.74 Å². The molecule has 1 fully saturated rings. The molecule has 1 unspecified atom stereocenters. The van der Waals surface area contributed by atoms with Crippen LogP contribution in [-0.2, 0) is 4.74 Å². The third-order valence-electron chi connectivity index (χ3n) is 1.32. The Bertz CT molecular complexity index is 76.6. The minimum absolute atomic E-state index is 0.487. The van der Waals surface area contributed by atoms with Crippen LogP contribution in [0.3, 0.4) is 0 Å². The number of hydrogen-bond donors (Lipinski definition) is 1. The fourth-order valence-corrected chi connectivity index (χ4v) is 0.840. The Morgan fingerprint density at radius 3 is 2.62 bits per heavy atom. The van der Waals surface area contributed by atoms with Crippen molar-refractivity contribution in [1.29, 1.82) is 0 Å². The Kier molecular flexibility index (Phi) is 1.54. The van der Waals surface area contributed by atoms with Crippen molar-refractivity contribution in [3.63, 3.8) is 0 Å². The van der Waals surface area contributed by atoms with Crippen LogP contribution in [-0.4, -0.2) is 17.3 Å². The zero-order valence-corrected chi connectivity index (χ0v) is 5.05. The maximum absolute atomic E-state index is 9.23. The molecule has 1 heterocycles. The predicted octanol–water partition coefficient (Wildman–Crippen LogP) is 0.710. The molecule has 0 aliphatic carbocycles. The maximum Gasteiger partial charge on any atom is 0.118 e. The molecular formula is C6H11O2. The summed E-state index contributed by atoms with van der Waals surface area (Å²) >= 11 is 0. The van der Waals surface area contributed by atoms with Gasteiger partial charge < -0.3 is 9.84 Å². The molecule has 0 saturated carbocycles. The molecule has 1 aliphatic rings. The second-order valence-corrected chi connectivity index (χ2v) is 2.28. The van der Waals surface area contributed by atoms with Gasteiger partial charge in [0.15, 0.2) is 0 Å². The number of aliphatic hydroxyl groups is 1. The summed E-state index contributed by atoms with van der Waals surface area (Å²) in [5.74, 6) is 0. The van der Waals surface area contributed by atoms with Crippen LogP contribution in [0.5, 0.6) is 0 Å². The quantitative estimate of drug-likeness (QED) is 0.574. The summed E-state index contributed by atoms with van der Waals surface area (Å²) in [6.07, 6.45) is 1.84. The summed E-state index contributed by atoms with van der Waals surface area (Å²) in [7, 11) is 0. The van der Waals surface area contributed by atoms with Crippen LogP contribution in [0.25, 0.3) is 0 Å². The summed E-state index contributed by atoms with van der Waals surface area (Å²) in [4.78, 5) is 0. The molecular weight excluding hydrogens is 104 g/mol. The molecule has 0 aromatic rings. The van der Waals surface area contributed by atoms with Crippen LogP contribution in [0, 0.1) is 6.61 Å². The number of ether oxygens (including phenoxy) is 1. The lowest BCUT2D eigenvalue weighted by atomic mass is 9.97. The van der Waals surface area contributed by atoms with Gasteiger partial charge in [-0.3, -0.25) is 0 Å². The molecule has 2 heteroatoms. The predicted molar refractivity (Wildman–Crippen MR) is 30.1 cm³/mol. The van der Waals surface area contributed by atoms with Crippen LogP contribution in [0.15, 0.2) is 0 Å². The van der Waals surface area contributed by atoms with Gasteiger partial charge in [-0.05, 0) is 6.42 Å². The summed E-state index contributed by atoms with van der Waals surface area (Å²) < 4.78 is 4.72. The van der Waals surface area contributed by atoms with E-state index in [0.717, 1.165) is 12.8 Å². The summed E-state index contributed by atoms with van der Waals surface area (Å²) in [6, 6.07) is 0. The lowest BCUT2D eigenvalue weighted by Gasteiger charge is -2.35. The third kappa shape index (κ3) is 1.01. The average molecular weight is 115 g/mol. The van der Waals surface area contributed by atoms with E-state index >= 15 is 0 Å². The first kappa shape index (κ1) is 6.05. The lowest BCUT2D eigenvalue weighted by molar-refractivity contribution is -0.131. The molecule has 0 spiro atoms. The molecule has 47 valence electrons.